The molecule has 0 saturated carbocycles. The van der Waals surface area contributed by atoms with E-state index in [1.807, 2.05) is 59.2 Å². The van der Waals surface area contributed by atoms with Crippen LogP contribution in [0.25, 0.3) is 17.0 Å². The molecule has 0 aliphatic carbocycles. The lowest BCUT2D eigenvalue weighted by Gasteiger charge is -2.19. The normalized spacial score (nSPS) is 11.7. The summed E-state index contributed by atoms with van der Waals surface area (Å²) in [5.41, 5.74) is 3.27. The molecule has 5 rings (SSSR count). The number of benzene rings is 3. The van der Waals surface area contributed by atoms with Crippen molar-refractivity contribution in [3.63, 3.8) is 0 Å². The van der Waals surface area contributed by atoms with E-state index < -0.39 is 0 Å². The molecule has 0 fully saturated rings. The van der Waals surface area contributed by atoms with Gasteiger partial charge >= 0.3 is 0 Å². The number of imidazole rings is 1. The van der Waals surface area contributed by atoms with Crippen LogP contribution in [0.15, 0.2) is 73.1 Å². The van der Waals surface area contributed by atoms with Crippen LogP contribution in [-0.4, -0.2) is 57.5 Å². The average Bonchev–Trinajstić information content (AvgIpc) is 3.35. The number of nitrogens with zero attached hydrogens (tertiary/aromatic N) is 5. The highest BCUT2D eigenvalue weighted by Crippen LogP contribution is 2.40. The lowest BCUT2D eigenvalue weighted by Crippen LogP contribution is -2.16. The predicted molar refractivity (Wildman–Crippen MR) is 148 cm³/mol. The topological polar surface area (TPSA) is 128 Å². The van der Waals surface area contributed by atoms with Crippen molar-refractivity contribution in [2.75, 3.05) is 38.6 Å². The molecule has 0 spiro atoms. The van der Waals surface area contributed by atoms with Gasteiger partial charge in [0.25, 0.3) is 0 Å². The van der Waals surface area contributed by atoms with Crippen LogP contribution in [0, 0.1) is 0 Å². The summed E-state index contributed by atoms with van der Waals surface area (Å²) < 4.78 is 18.2. The van der Waals surface area contributed by atoms with Crippen molar-refractivity contribution in [3.05, 3.63) is 78.6 Å². The molecular formula is C28H29N7O4. The summed E-state index contributed by atoms with van der Waals surface area (Å²) in [5.74, 6) is 2.70. The van der Waals surface area contributed by atoms with E-state index in [9.17, 15) is 5.11 Å². The summed E-state index contributed by atoms with van der Waals surface area (Å²) in [6, 6.07) is 21.0. The van der Waals surface area contributed by atoms with E-state index in [2.05, 4.69) is 25.6 Å². The second kappa shape index (κ2) is 11.7. The fourth-order valence-corrected chi connectivity index (χ4v) is 4.36. The molecule has 2 aromatic heterocycles. The SMILES string of the molecule is COc1cc(Nc2ncnc(-n3c(NC(CCO)c4ccccc4)nc4ccccc43)n2)cc(OC)c1OC. The molecule has 1 atom stereocenters. The van der Waals surface area contributed by atoms with Gasteiger partial charge in [-0.1, -0.05) is 42.5 Å². The van der Waals surface area contributed by atoms with Gasteiger partial charge in [-0.15, -0.1) is 0 Å². The number of methoxy groups -OCH3 is 3. The number of fused-ring (bicyclic) bond motifs is 1. The third-order valence-corrected chi connectivity index (χ3v) is 6.16. The van der Waals surface area contributed by atoms with Crippen LogP contribution in [-0.2, 0) is 0 Å². The van der Waals surface area contributed by atoms with Crippen molar-refractivity contribution in [2.45, 2.75) is 12.5 Å². The van der Waals surface area contributed by atoms with Gasteiger partial charge in [-0.25, -0.2) is 19.5 Å². The zero-order valence-electron chi connectivity index (χ0n) is 21.8. The van der Waals surface area contributed by atoms with Crippen molar-refractivity contribution >= 4 is 28.6 Å². The number of hydrogen-bond acceptors (Lipinski definition) is 10. The first-order valence-electron chi connectivity index (χ1n) is 12.3. The maximum absolute atomic E-state index is 9.75. The van der Waals surface area contributed by atoms with E-state index in [-0.39, 0.29) is 12.6 Å². The molecule has 39 heavy (non-hydrogen) atoms. The zero-order chi connectivity index (χ0) is 27.2. The molecule has 11 nitrogen and oxygen atoms in total. The number of rotatable bonds is 11. The number of anilines is 3. The Balaban J connectivity index is 1.54. The number of aliphatic hydroxyl groups excluding tert-OH is 1. The summed E-state index contributed by atoms with van der Waals surface area (Å²) in [7, 11) is 4.66. The van der Waals surface area contributed by atoms with Gasteiger partial charge in [0.05, 0.1) is 38.4 Å². The van der Waals surface area contributed by atoms with Gasteiger partial charge in [-0.2, -0.15) is 4.98 Å². The van der Waals surface area contributed by atoms with Crippen molar-refractivity contribution in [1.82, 2.24) is 24.5 Å². The highest BCUT2D eigenvalue weighted by molar-refractivity contribution is 5.80. The van der Waals surface area contributed by atoms with Gasteiger partial charge in [-0.3, -0.25) is 0 Å². The van der Waals surface area contributed by atoms with Gasteiger partial charge in [0.2, 0.25) is 23.6 Å². The quantitative estimate of drug-likeness (QED) is 0.226. The molecule has 5 aromatic rings. The molecule has 0 radical (unpaired) electrons. The van der Waals surface area contributed by atoms with Crippen molar-refractivity contribution in [3.8, 4) is 23.2 Å². The molecule has 0 aliphatic heterocycles. The fraction of sp³-hybridized carbons (Fsp3) is 0.214. The van der Waals surface area contributed by atoms with Crippen LogP contribution in [0.1, 0.15) is 18.0 Å². The van der Waals surface area contributed by atoms with E-state index in [1.165, 1.54) is 6.33 Å². The number of nitrogens with one attached hydrogen (secondary N) is 2. The van der Waals surface area contributed by atoms with Crippen LogP contribution >= 0.6 is 0 Å². The number of para-hydroxylation sites is 2. The maximum Gasteiger partial charge on any atom is 0.241 e. The predicted octanol–water partition coefficient (Wildman–Crippen LogP) is 4.52. The lowest BCUT2D eigenvalue weighted by atomic mass is 10.0. The Bertz CT molecular complexity index is 1530. The van der Waals surface area contributed by atoms with E-state index >= 15 is 0 Å². The Hall–Kier alpha value is -4.90. The number of aliphatic hydroxyl groups is 1. The van der Waals surface area contributed by atoms with E-state index in [0.29, 0.717) is 47.2 Å². The first kappa shape index (κ1) is 25.7. The summed E-state index contributed by atoms with van der Waals surface area (Å²) in [5, 5.41) is 16.4. The Kier molecular flexibility index (Phi) is 7.69. The smallest absolute Gasteiger partial charge is 0.241 e. The third kappa shape index (κ3) is 5.39. The number of ether oxygens (including phenoxy) is 3. The van der Waals surface area contributed by atoms with E-state index in [4.69, 9.17) is 19.2 Å². The molecule has 0 bridgehead atoms. The van der Waals surface area contributed by atoms with Crippen LogP contribution in [0.5, 0.6) is 17.2 Å². The standard InChI is InChI=1S/C28H29N7O4/c1-37-23-15-19(16-24(38-2)25(23)39-3)31-26-29-17-30-27(34-26)35-22-12-8-7-11-21(22)33-28(35)32-20(13-14-36)18-9-5-4-6-10-18/h4-12,15-17,20,36H,13-14H2,1-3H3,(H,32,33)(H,29,30,31,34). The molecule has 0 amide bonds. The molecule has 3 N–H and O–H groups in total. The largest absolute Gasteiger partial charge is 0.493 e. The summed E-state index contributed by atoms with van der Waals surface area (Å²) in [6.07, 6.45) is 1.93. The number of hydrogen-bond donors (Lipinski definition) is 3. The second-order valence-electron chi connectivity index (χ2n) is 8.53. The molecule has 0 saturated heterocycles. The summed E-state index contributed by atoms with van der Waals surface area (Å²) in [6.45, 7) is 0.0153. The highest BCUT2D eigenvalue weighted by Gasteiger charge is 2.20. The van der Waals surface area contributed by atoms with Gasteiger partial charge in [0.15, 0.2) is 11.5 Å². The lowest BCUT2D eigenvalue weighted by molar-refractivity contribution is 0.279. The van der Waals surface area contributed by atoms with Crippen LogP contribution in [0.3, 0.4) is 0 Å². The fourth-order valence-electron chi connectivity index (χ4n) is 4.36. The molecule has 1 unspecified atom stereocenters. The Morgan fingerprint density at radius 3 is 2.28 bits per heavy atom. The third-order valence-electron chi connectivity index (χ3n) is 6.16. The summed E-state index contributed by atoms with van der Waals surface area (Å²) >= 11 is 0. The average molecular weight is 528 g/mol. The van der Waals surface area contributed by atoms with Crippen LogP contribution in [0.4, 0.5) is 17.6 Å². The van der Waals surface area contributed by atoms with Crippen LogP contribution < -0.4 is 24.8 Å². The van der Waals surface area contributed by atoms with Gasteiger partial charge in [-0.05, 0) is 24.1 Å². The van der Waals surface area contributed by atoms with Gasteiger partial charge < -0.3 is 30.0 Å². The van der Waals surface area contributed by atoms with E-state index in [0.717, 1.165) is 16.6 Å². The summed E-state index contributed by atoms with van der Waals surface area (Å²) in [4.78, 5) is 18.3. The molecule has 11 heteroatoms. The second-order valence-corrected chi connectivity index (χ2v) is 8.53. The van der Waals surface area contributed by atoms with E-state index in [1.54, 1.807) is 33.5 Å². The van der Waals surface area contributed by atoms with Crippen molar-refractivity contribution < 1.29 is 19.3 Å². The monoisotopic (exact) mass is 527 g/mol. The molecule has 3 aromatic carbocycles. The first-order valence-corrected chi connectivity index (χ1v) is 12.3. The number of aromatic nitrogens is 5. The van der Waals surface area contributed by atoms with Crippen molar-refractivity contribution in [2.24, 2.45) is 0 Å². The first-order chi connectivity index (χ1) is 19.1. The Morgan fingerprint density at radius 1 is 0.872 bits per heavy atom. The highest BCUT2D eigenvalue weighted by atomic mass is 16.5. The van der Waals surface area contributed by atoms with Crippen molar-refractivity contribution in [1.29, 1.82) is 0 Å². The minimum Gasteiger partial charge on any atom is -0.493 e. The molecular weight excluding hydrogens is 498 g/mol. The minimum atomic E-state index is -0.176. The Labute approximate surface area is 225 Å². The maximum atomic E-state index is 9.75. The van der Waals surface area contributed by atoms with Crippen LogP contribution in [0.2, 0.25) is 0 Å². The van der Waals surface area contributed by atoms with Gasteiger partial charge in [0, 0.05) is 24.4 Å². The molecule has 0 aliphatic rings. The molecule has 2 heterocycles. The van der Waals surface area contributed by atoms with Gasteiger partial charge in [0.1, 0.15) is 6.33 Å². The molecule has 200 valence electrons. The Morgan fingerprint density at radius 2 is 1.59 bits per heavy atom. The zero-order valence-corrected chi connectivity index (χ0v) is 21.8. The minimum absolute atomic E-state index is 0.0153.